The van der Waals surface area contributed by atoms with E-state index in [0.717, 1.165) is 25.3 Å². The van der Waals surface area contributed by atoms with Crippen LogP contribution < -0.4 is 15.8 Å². The average Bonchev–Trinajstić information content (AvgIpc) is 3.18. The van der Waals surface area contributed by atoms with Crippen molar-refractivity contribution in [3.05, 3.63) is 17.9 Å². The fourth-order valence-corrected chi connectivity index (χ4v) is 2.36. The van der Waals surface area contributed by atoms with E-state index in [9.17, 15) is 4.39 Å². The number of rotatable bonds is 8. The van der Waals surface area contributed by atoms with Gasteiger partial charge in [0, 0.05) is 32.4 Å². The molecular weight excluding hydrogens is 271 g/mol. The van der Waals surface area contributed by atoms with Gasteiger partial charge in [-0.15, -0.1) is 0 Å². The highest BCUT2D eigenvalue weighted by molar-refractivity contribution is 5.68. The summed E-state index contributed by atoms with van der Waals surface area (Å²) in [6, 6.07) is 2.96. The standard InChI is InChI=1S/C16H25FN2O2/c1-11(2)21-15-9-14(13(18)8-12(15)17)19-10-16(4-5-16)6-7-20-3/h8-9,11,19H,4-7,10,18H2,1-3H3. The maximum Gasteiger partial charge on any atom is 0.167 e. The van der Waals surface area contributed by atoms with E-state index in [1.807, 2.05) is 13.8 Å². The fraction of sp³-hybridized carbons (Fsp3) is 0.625. The molecule has 1 fully saturated rings. The van der Waals surface area contributed by atoms with Gasteiger partial charge in [0.25, 0.3) is 0 Å². The van der Waals surface area contributed by atoms with Gasteiger partial charge in [0.2, 0.25) is 0 Å². The van der Waals surface area contributed by atoms with Crippen molar-refractivity contribution in [3.8, 4) is 5.75 Å². The van der Waals surface area contributed by atoms with Gasteiger partial charge in [0.05, 0.1) is 17.5 Å². The highest BCUT2D eigenvalue weighted by Crippen LogP contribution is 2.49. The first-order chi connectivity index (χ1) is 9.96. The molecule has 1 aliphatic carbocycles. The molecule has 0 aliphatic heterocycles. The lowest BCUT2D eigenvalue weighted by Gasteiger charge is -2.19. The summed E-state index contributed by atoms with van der Waals surface area (Å²) >= 11 is 0. The summed E-state index contributed by atoms with van der Waals surface area (Å²) in [5.41, 5.74) is 7.33. The molecule has 1 aromatic rings. The van der Waals surface area contributed by atoms with E-state index in [-0.39, 0.29) is 11.9 Å². The lowest BCUT2D eigenvalue weighted by Crippen LogP contribution is -2.18. The van der Waals surface area contributed by atoms with Crippen LogP contribution in [0.1, 0.15) is 33.1 Å². The summed E-state index contributed by atoms with van der Waals surface area (Å²) in [5.74, 6) is -0.185. The van der Waals surface area contributed by atoms with Crippen LogP contribution in [-0.4, -0.2) is 26.4 Å². The molecule has 0 atom stereocenters. The van der Waals surface area contributed by atoms with Crippen LogP contribution in [0.15, 0.2) is 12.1 Å². The van der Waals surface area contributed by atoms with Crippen LogP contribution in [0.2, 0.25) is 0 Å². The zero-order chi connectivity index (χ0) is 15.5. The number of hydrogen-bond donors (Lipinski definition) is 2. The first kappa shape index (κ1) is 15.9. The number of ether oxygens (including phenoxy) is 2. The minimum Gasteiger partial charge on any atom is -0.488 e. The van der Waals surface area contributed by atoms with Crippen LogP contribution in [0, 0.1) is 11.2 Å². The number of halogens is 1. The number of nitrogens with two attached hydrogens (primary N) is 1. The van der Waals surface area contributed by atoms with Crippen LogP contribution in [-0.2, 0) is 4.74 Å². The number of hydrogen-bond acceptors (Lipinski definition) is 4. The second kappa shape index (κ2) is 6.52. The zero-order valence-corrected chi connectivity index (χ0v) is 13.0. The molecule has 0 aromatic heterocycles. The molecule has 1 saturated carbocycles. The van der Waals surface area contributed by atoms with Crippen molar-refractivity contribution in [1.82, 2.24) is 0 Å². The van der Waals surface area contributed by atoms with E-state index >= 15 is 0 Å². The Morgan fingerprint density at radius 3 is 2.67 bits per heavy atom. The molecule has 0 unspecified atom stereocenters. The third-order valence-electron chi connectivity index (χ3n) is 3.91. The Labute approximate surface area is 125 Å². The minimum absolute atomic E-state index is 0.0764. The molecule has 0 radical (unpaired) electrons. The van der Waals surface area contributed by atoms with Gasteiger partial charge in [-0.1, -0.05) is 0 Å². The second-order valence-electron chi connectivity index (χ2n) is 6.13. The van der Waals surface area contributed by atoms with E-state index in [1.165, 1.54) is 18.9 Å². The van der Waals surface area contributed by atoms with E-state index in [1.54, 1.807) is 13.2 Å². The van der Waals surface area contributed by atoms with Crippen molar-refractivity contribution in [1.29, 1.82) is 0 Å². The SMILES string of the molecule is COCCC1(CNc2cc(OC(C)C)c(F)cc2N)CC1. The van der Waals surface area contributed by atoms with Gasteiger partial charge >= 0.3 is 0 Å². The number of nitrogens with one attached hydrogen (secondary N) is 1. The predicted molar refractivity (Wildman–Crippen MR) is 83.2 cm³/mol. The maximum absolute atomic E-state index is 13.8. The molecule has 118 valence electrons. The topological polar surface area (TPSA) is 56.5 Å². The van der Waals surface area contributed by atoms with Crippen molar-refractivity contribution < 1.29 is 13.9 Å². The first-order valence-corrected chi connectivity index (χ1v) is 7.44. The number of nitrogen functional groups attached to an aromatic ring is 1. The Balaban J connectivity index is 2.02. The molecular formula is C16H25FN2O2. The molecule has 0 spiro atoms. The fourth-order valence-electron chi connectivity index (χ4n) is 2.36. The van der Waals surface area contributed by atoms with E-state index < -0.39 is 5.82 Å². The van der Waals surface area contributed by atoms with Gasteiger partial charge in [-0.05, 0) is 38.5 Å². The smallest absolute Gasteiger partial charge is 0.167 e. The molecule has 1 aromatic carbocycles. The summed E-state index contributed by atoms with van der Waals surface area (Å²) < 4.78 is 24.4. The second-order valence-corrected chi connectivity index (χ2v) is 6.13. The normalized spacial score (nSPS) is 16.0. The van der Waals surface area contributed by atoms with Crippen LogP contribution in [0.5, 0.6) is 5.75 Å². The van der Waals surface area contributed by atoms with E-state index in [0.29, 0.717) is 11.1 Å². The molecule has 0 heterocycles. The highest BCUT2D eigenvalue weighted by atomic mass is 19.1. The van der Waals surface area contributed by atoms with Crippen LogP contribution in [0.4, 0.5) is 15.8 Å². The Kier molecular flexibility index (Phi) is 4.93. The van der Waals surface area contributed by atoms with Crippen molar-refractivity contribution in [2.24, 2.45) is 5.41 Å². The summed E-state index contributed by atoms with van der Waals surface area (Å²) in [4.78, 5) is 0. The molecule has 0 saturated heterocycles. The Hall–Kier alpha value is -1.49. The molecule has 5 heteroatoms. The number of methoxy groups -OCH3 is 1. The monoisotopic (exact) mass is 296 g/mol. The third kappa shape index (κ3) is 4.24. The largest absolute Gasteiger partial charge is 0.488 e. The van der Waals surface area contributed by atoms with Crippen molar-refractivity contribution in [2.75, 3.05) is 31.3 Å². The Morgan fingerprint density at radius 1 is 1.38 bits per heavy atom. The third-order valence-corrected chi connectivity index (χ3v) is 3.91. The Bertz CT molecular complexity index is 487. The lowest BCUT2D eigenvalue weighted by atomic mass is 10.0. The van der Waals surface area contributed by atoms with Crippen molar-refractivity contribution in [2.45, 2.75) is 39.2 Å². The minimum atomic E-state index is -0.424. The van der Waals surface area contributed by atoms with E-state index in [2.05, 4.69) is 5.32 Å². The number of benzene rings is 1. The van der Waals surface area contributed by atoms with Crippen LogP contribution in [0.3, 0.4) is 0 Å². The summed E-state index contributed by atoms with van der Waals surface area (Å²) in [6.07, 6.45) is 3.35. The predicted octanol–water partition coefficient (Wildman–Crippen LogP) is 3.42. The van der Waals surface area contributed by atoms with Gasteiger partial charge in [0.15, 0.2) is 11.6 Å². The molecule has 0 bridgehead atoms. The lowest BCUT2D eigenvalue weighted by molar-refractivity contribution is 0.175. The first-order valence-electron chi connectivity index (χ1n) is 7.44. The van der Waals surface area contributed by atoms with E-state index in [4.69, 9.17) is 15.2 Å². The molecule has 3 N–H and O–H groups in total. The van der Waals surface area contributed by atoms with Crippen LogP contribution >= 0.6 is 0 Å². The maximum atomic E-state index is 13.8. The van der Waals surface area contributed by atoms with Gasteiger partial charge in [-0.3, -0.25) is 0 Å². The summed E-state index contributed by atoms with van der Waals surface area (Å²) in [6.45, 7) is 5.33. The zero-order valence-electron chi connectivity index (χ0n) is 13.0. The average molecular weight is 296 g/mol. The molecule has 1 aliphatic rings. The molecule has 21 heavy (non-hydrogen) atoms. The van der Waals surface area contributed by atoms with Gasteiger partial charge in [-0.25, -0.2) is 4.39 Å². The van der Waals surface area contributed by atoms with Crippen LogP contribution in [0.25, 0.3) is 0 Å². The van der Waals surface area contributed by atoms with Crippen molar-refractivity contribution in [3.63, 3.8) is 0 Å². The summed E-state index contributed by atoms with van der Waals surface area (Å²) in [5, 5.41) is 3.34. The van der Waals surface area contributed by atoms with Gasteiger partial charge in [0.1, 0.15) is 0 Å². The quantitative estimate of drug-likeness (QED) is 0.722. The van der Waals surface area contributed by atoms with Gasteiger partial charge in [-0.2, -0.15) is 0 Å². The van der Waals surface area contributed by atoms with Gasteiger partial charge < -0.3 is 20.5 Å². The molecule has 0 amide bonds. The summed E-state index contributed by atoms with van der Waals surface area (Å²) in [7, 11) is 1.72. The molecule has 2 rings (SSSR count). The molecule has 4 nitrogen and oxygen atoms in total. The van der Waals surface area contributed by atoms with Crippen molar-refractivity contribution >= 4 is 11.4 Å². The number of anilines is 2. The Morgan fingerprint density at radius 2 is 2.10 bits per heavy atom. The highest BCUT2D eigenvalue weighted by Gasteiger charge is 2.41.